The van der Waals surface area contributed by atoms with Crippen LogP contribution in [0.3, 0.4) is 0 Å². The van der Waals surface area contributed by atoms with Gasteiger partial charge in [-0.2, -0.15) is 0 Å². The summed E-state index contributed by atoms with van der Waals surface area (Å²) in [6.45, 7) is 4.28. The molecule has 0 radical (unpaired) electrons. The van der Waals surface area contributed by atoms with Crippen LogP contribution in [0, 0.1) is 5.92 Å². The van der Waals surface area contributed by atoms with Crippen molar-refractivity contribution >= 4 is 15.9 Å². The van der Waals surface area contributed by atoms with Crippen molar-refractivity contribution in [3.63, 3.8) is 0 Å². The molecule has 1 aromatic rings. The average Bonchev–Trinajstić information content (AvgIpc) is 2.38. The van der Waals surface area contributed by atoms with Crippen molar-refractivity contribution in [2.75, 3.05) is 0 Å². The maximum absolute atomic E-state index is 6.25. The van der Waals surface area contributed by atoms with Gasteiger partial charge in [-0.15, -0.1) is 0 Å². The van der Waals surface area contributed by atoms with E-state index in [0.717, 1.165) is 21.7 Å². The number of hydrogen-bond acceptors (Lipinski definition) is 2. The molecule has 0 bridgehead atoms. The van der Waals surface area contributed by atoms with Gasteiger partial charge >= 0.3 is 0 Å². The molecule has 1 aliphatic carbocycles. The second kappa shape index (κ2) is 6.76. The Hall–Kier alpha value is -0.540. The normalized spacial score (nSPS) is 25.1. The van der Waals surface area contributed by atoms with Gasteiger partial charge in [0.1, 0.15) is 5.75 Å². The van der Waals surface area contributed by atoms with Gasteiger partial charge in [-0.05, 0) is 44.2 Å². The minimum Gasteiger partial charge on any atom is -0.490 e. The smallest absolute Gasteiger partial charge is 0.125 e. The summed E-state index contributed by atoms with van der Waals surface area (Å²) in [5.41, 5.74) is 7.13. The van der Waals surface area contributed by atoms with E-state index >= 15 is 0 Å². The molecular formula is C16H24BrNO. The highest BCUT2D eigenvalue weighted by molar-refractivity contribution is 9.10. The molecule has 2 N–H and O–H groups in total. The number of rotatable bonds is 4. The van der Waals surface area contributed by atoms with Gasteiger partial charge in [0.25, 0.3) is 0 Å². The summed E-state index contributed by atoms with van der Waals surface area (Å²) in [4.78, 5) is 0. The number of benzene rings is 1. The summed E-state index contributed by atoms with van der Waals surface area (Å²) in [6, 6.07) is 6.15. The maximum Gasteiger partial charge on any atom is 0.125 e. The molecule has 2 nitrogen and oxygen atoms in total. The lowest BCUT2D eigenvalue weighted by atomic mass is 9.85. The fourth-order valence-corrected chi connectivity index (χ4v) is 3.23. The van der Waals surface area contributed by atoms with Gasteiger partial charge in [-0.25, -0.2) is 0 Å². The van der Waals surface area contributed by atoms with Crippen LogP contribution in [0.4, 0.5) is 0 Å². The summed E-state index contributed by atoms with van der Waals surface area (Å²) in [5.74, 6) is 1.77. The second-order valence-electron chi connectivity index (χ2n) is 5.65. The lowest BCUT2D eigenvalue weighted by Gasteiger charge is -2.30. The largest absolute Gasteiger partial charge is 0.490 e. The third-order valence-corrected chi connectivity index (χ3v) is 4.57. The van der Waals surface area contributed by atoms with Crippen LogP contribution in [-0.4, -0.2) is 6.10 Å². The van der Waals surface area contributed by atoms with Crippen LogP contribution in [0.5, 0.6) is 5.75 Å². The minimum atomic E-state index is 0.00802. The van der Waals surface area contributed by atoms with E-state index in [0.29, 0.717) is 6.10 Å². The molecule has 0 saturated heterocycles. The molecule has 0 heterocycles. The molecule has 2 unspecified atom stereocenters. The zero-order valence-corrected chi connectivity index (χ0v) is 13.4. The van der Waals surface area contributed by atoms with Gasteiger partial charge in [-0.1, -0.05) is 41.8 Å². The minimum absolute atomic E-state index is 0.00802. The van der Waals surface area contributed by atoms with Crippen LogP contribution < -0.4 is 10.5 Å². The molecule has 0 aliphatic heterocycles. The summed E-state index contributed by atoms with van der Waals surface area (Å²) < 4.78 is 7.30. The Morgan fingerprint density at radius 3 is 2.89 bits per heavy atom. The van der Waals surface area contributed by atoms with Crippen LogP contribution in [-0.2, 0) is 0 Å². The first-order valence-electron chi connectivity index (χ1n) is 7.31. The number of ether oxygens (including phenoxy) is 1. The number of halogens is 1. The van der Waals surface area contributed by atoms with E-state index in [1.54, 1.807) is 0 Å². The zero-order chi connectivity index (χ0) is 13.8. The van der Waals surface area contributed by atoms with Crippen molar-refractivity contribution in [3.8, 4) is 5.75 Å². The Labute approximate surface area is 124 Å². The first-order valence-corrected chi connectivity index (χ1v) is 8.11. The molecule has 19 heavy (non-hydrogen) atoms. The Kier molecular flexibility index (Phi) is 5.28. The van der Waals surface area contributed by atoms with Gasteiger partial charge in [0.15, 0.2) is 0 Å². The van der Waals surface area contributed by atoms with Crippen molar-refractivity contribution in [1.82, 2.24) is 0 Å². The summed E-state index contributed by atoms with van der Waals surface area (Å²) in [7, 11) is 0. The van der Waals surface area contributed by atoms with Crippen molar-refractivity contribution < 1.29 is 4.74 Å². The molecule has 0 aromatic heterocycles. The molecule has 0 spiro atoms. The van der Waals surface area contributed by atoms with Crippen LogP contribution in [0.25, 0.3) is 0 Å². The monoisotopic (exact) mass is 325 g/mol. The quantitative estimate of drug-likeness (QED) is 0.861. The van der Waals surface area contributed by atoms with E-state index in [-0.39, 0.29) is 6.04 Å². The molecule has 2 rings (SSSR count). The SMILES string of the molecule is CCC1CCCC(Oc2cc(Br)ccc2[C@@H](C)N)C1. The fraction of sp³-hybridized carbons (Fsp3) is 0.625. The molecule has 3 heteroatoms. The highest BCUT2D eigenvalue weighted by atomic mass is 79.9. The highest BCUT2D eigenvalue weighted by Gasteiger charge is 2.23. The van der Waals surface area contributed by atoms with Crippen molar-refractivity contribution in [3.05, 3.63) is 28.2 Å². The Bertz CT molecular complexity index is 419. The predicted octanol–water partition coefficient (Wildman–Crippen LogP) is 4.82. The molecule has 0 amide bonds. The average molecular weight is 326 g/mol. The Morgan fingerprint density at radius 2 is 2.21 bits per heavy atom. The van der Waals surface area contributed by atoms with Crippen LogP contribution in [0.15, 0.2) is 22.7 Å². The summed E-state index contributed by atoms with van der Waals surface area (Å²) >= 11 is 3.51. The standard InChI is InChI=1S/C16H24BrNO/c1-3-12-5-4-6-14(9-12)19-16-10-13(17)7-8-15(16)11(2)18/h7-8,10-12,14H,3-6,9,18H2,1-2H3/t11-,12?,14?/m1/s1. The fourth-order valence-electron chi connectivity index (χ4n) is 2.89. The topological polar surface area (TPSA) is 35.2 Å². The van der Waals surface area contributed by atoms with E-state index < -0.39 is 0 Å². The zero-order valence-electron chi connectivity index (χ0n) is 11.9. The van der Waals surface area contributed by atoms with Crippen LogP contribution in [0.1, 0.15) is 57.6 Å². The lowest BCUT2D eigenvalue weighted by molar-refractivity contribution is 0.120. The van der Waals surface area contributed by atoms with Crippen LogP contribution in [0.2, 0.25) is 0 Å². The summed E-state index contributed by atoms with van der Waals surface area (Å²) in [5, 5.41) is 0. The van der Waals surface area contributed by atoms with E-state index in [2.05, 4.69) is 28.9 Å². The van der Waals surface area contributed by atoms with Gasteiger partial charge < -0.3 is 10.5 Å². The van der Waals surface area contributed by atoms with E-state index in [1.807, 2.05) is 19.1 Å². The Balaban J connectivity index is 2.11. The number of nitrogens with two attached hydrogens (primary N) is 1. The van der Waals surface area contributed by atoms with E-state index in [1.165, 1.54) is 32.1 Å². The first kappa shape index (κ1) is 14.9. The van der Waals surface area contributed by atoms with Gasteiger partial charge in [0, 0.05) is 16.1 Å². The van der Waals surface area contributed by atoms with E-state index in [9.17, 15) is 0 Å². The van der Waals surface area contributed by atoms with Crippen molar-refractivity contribution in [2.24, 2.45) is 11.7 Å². The van der Waals surface area contributed by atoms with Crippen LogP contribution >= 0.6 is 15.9 Å². The molecule has 1 aliphatic rings. The molecule has 106 valence electrons. The lowest BCUT2D eigenvalue weighted by Crippen LogP contribution is -2.26. The van der Waals surface area contributed by atoms with Crippen molar-refractivity contribution in [2.45, 2.75) is 58.1 Å². The molecular weight excluding hydrogens is 302 g/mol. The maximum atomic E-state index is 6.25. The van der Waals surface area contributed by atoms with Gasteiger partial charge in [-0.3, -0.25) is 0 Å². The third-order valence-electron chi connectivity index (χ3n) is 4.07. The molecule has 1 aromatic carbocycles. The predicted molar refractivity (Wildman–Crippen MR) is 83.4 cm³/mol. The highest BCUT2D eigenvalue weighted by Crippen LogP contribution is 2.33. The number of hydrogen-bond donors (Lipinski definition) is 1. The second-order valence-corrected chi connectivity index (χ2v) is 6.57. The molecule has 1 saturated carbocycles. The first-order chi connectivity index (χ1) is 9.10. The van der Waals surface area contributed by atoms with Crippen molar-refractivity contribution in [1.29, 1.82) is 0 Å². The van der Waals surface area contributed by atoms with E-state index in [4.69, 9.17) is 10.5 Å². The Morgan fingerprint density at radius 1 is 1.42 bits per heavy atom. The third kappa shape index (κ3) is 3.96. The molecule has 3 atom stereocenters. The molecule has 1 fully saturated rings. The van der Waals surface area contributed by atoms with Gasteiger partial charge in [0.2, 0.25) is 0 Å². The van der Waals surface area contributed by atoms with Gasteiger partial charge in [0.05, 0.1) is 6.10 Å². The summed E-state index contributed by atoms with van der Waals surface area (Å²) in [6.07, 6.45) is 6.60.